The first-order valence-electron chi connectivity index (χ1n) is 29.3. The minimum Gasteiger partial charge on any atom is -0.390 e. The minimum atomic E-state index is -4.75. The lowest BCUT2D eigenvalue weighted by molar-refractivity contribution is -0.140. The Kier molecular flexibility index (Phi) is 25.2. The summed E-state index contributed by atoms with van der Waals surface area (Å²) in [5.74, 6) is -2.30. The lowest BCUT2D eigenvalue weighted by Crippen LogP contribution is -2.54. The second-order valence-corrected chi connectivity index (χ2v) is 34.6. The molecule has 538 valence electrons. The van der Waals surface area contributed by atoms with Crippen molar-refractivity contribution in [2.75, 3.05) is 33.5 Å². The zero-order valence-electron chi connectivity index (χ0n) is 52.6. The molecule has 4 aliphatic rings. The van der Waals surface area contributed by atoms with Gasteiger partial charge in [-0.1, -0.05) is 12.2 Å². The number of carbonyl (C=O) groups is 3. The number of aryl methyl sites for hydroxylation is 4. The molecule has 3 amide bonds. The van der Waals surface area contributed by atoms with E-state index in [4.69, 9.17) is 91.8 Å². The van der Waals surface area contributed by atoms with E-state index in [0.29, 0.717) is 0 Å². The van der Waals surface area contributed by atoms with Crippen LogP contribution in [0, 0.1) is 27.7 Å². The van der Waals surface area contributed by atoms with Crippen molar-refractivity contribution < 1.29 is 89.3 Å². The van der Waals surface area contributed by atoms with Crippen LogP contribution in [-0.4, -0.2) is 181 Å². The molecular weight excluding hydrogens is 1450 g/mol. The molecule has 8 heterocycles. The summed E-state index contributed by atoms with van der Waals surface area (Å²) in [4.78, 5) is 183. The first kappa shape index (κ1) is 77.8. The maximum atomic E-state index is 14.5. The predicted octanol–water partition coefficient (Wildman–Crippen LogP) is -2.34. The van der Waals surface area contributed by atoms with Crippen LogP contribution in [0.4, 0.5) is 0 Å². The number of H-pyrrole nitrogens is 4. The molecule has 0 saturated carbocycles. The number of carbonyl (C=O) groups excluding carboxylic acids is 3. The number of thiol groups is 1. The van der Waals surface area contributed by atoms with Crippen molar-refractivity contribution in [2.45, 2.75) is 166 Å². The van der Waals surface area contributed by atoms with Gasteiger partial charge < -0.3 is 77.3 Å². The second-order valence-electron chi connectivity index (χ2n) is 23.1. The van der Waals surface area contributed by atoms with Gasteiger partial charge in [0.1, 0.15) is 67.5 Å². The van der Waals surface area contributed by atoms with E-state index in [0.717, 1.165) is 23.2 Å². The quantitative estimate of drug-likeness (QED) is 0.0200. The molecule has 47 heteroatoms. The van der Waals surface area contributed by atoms with Crippen molar-refractivity contribution in [3.05, 3.63) is 130 Å². The molecule has 4 aliphatic heterocycles. The molecule has 4 saturated heterocycles. The molecule has 0 spiro atoms. The molecule has 4 fully saturated rings. The van der Waals surface area contributed by atoms with E-state index in [1.807, 2.05) is 0 Å². The number of nitrogens with one attached hydrogen (secondary N) is 6. The lowest BCUT2D eigenvalue weighted by atomic mass is 10.2. The Morgan fingerprint density at radius 1 is 0.588 bits per heavy atom. The monoisotopic (exact) mass is 1520 g/mol. The number of likely N-dealkylation sites (N-methyl/N-ethyl adjacent to an activating group) is 1. The Bertz CT molecular complexity index is 4360. The maximum absolute atomic E-state index is 14.5. The summed E-state index contributed by atoms with van der Waals surface area (Å²) >= 11 is 20.4. The zero-order valence-corrected chi connectivity index (χ0v) is 59.5. The first-order chi connectivity index (χ1) is 45.1. The molecule has 4 aromatic rings. The summed E-state index contributed by atoms with van der Waals surface area (Å²) in [5.41, 5.74) is -0.740. The summed E-state index contributed by atoms with van der Waals surface area (Å²) in [6.07, 6.45) is -12.4. The third-order valence-corrected chi connectivity index (χ3v) is 22.5. The number of aromatic amines is 4. The normalized spacial score (nSPS) is 27.6. The Balaban J connectivity index is 0.972. The highest BCUT2D eigenvalue weighted by atomic mass is 32.7. The molecule has 0 aromatic carbocycles. The van der Waals surface area contributed by atoms with Gasteiger partial charge in [-0.2, -0.15) is 0 Å². The Morgan fingerprint density at radius 3 is 1.30 bits per heavy atom. The van der Waals surface area contributed by atoms with Crippen LogP contribution in [0.1, 0.15) is 93.6 Å². The standard InChI is InChI=1S/C50H72N12O27P4S4/c1-21-13-59(47(71)53-41(21)65)36-9-28(63)32(83-36)17-80-91(76,95)88-30-11-38(61-15-23(3)43(67)55-49(61)73)85-34(30)19-82-93(78,97)89-31-12-39(62-16-24(4)44(68)56-50(62)74)86-35(31)20-81-92(77,96)87-29-10-37(60-14-22(2)42(66)54-48(60)72)84-33(29)18-79-90(75,94)57-26(6)46(70)58(8)27(7)45(69)52-25(5)40(51)64/h13-16,25-39,63H,9-12,17-20H2,1-8H3,(H2,51,64)(H,52,69)(H,76,95)(H,77,96)(H,78,97)(H,53,65,71)(H,54,66,72)(H,55,67,73)(H,56,68,74)(H2,57,75,94)/t25-,26-,27-,28-,29-,30-,31-,32+,33+,34+,35+,36+,37+,38+,39+,90?,91?,92?,93?/m0/s1. The number of primary amides is 1. The van der Waals surface area contributed by atoms with Gasteiger partial charge in [0.25, 0.3) is 28.9 Å². The molecule has 8 rings (SSSR count). The van der Waals surface area contributed by atoms with Gasteiger partial charge in [-0.3, -0.25) is 80.8 Å². The number of ether oxygens (including phenoxy) is 4. The number of aliphatic hydroxyl groups is 1. The molecular formula is C50H72N12O27P4S4. The predicted molar refractivity (Wildman–Crippen MR) is 351 cm³/mol. The number of hydrogen-bond acceptors (Lipinski definition) is 27. The van der Waals surface area contributed by atoms with Crippen molar-refractivity contribution in [1.29, 1.82) is 0 Å². The van der Waals surface area contributed by atoms with E-state index in [9.17, 15) is 77.1 Å². The average molecular weight is 1530 g/mol. The van der Waals surface area contributed by atoms with Crippen molar-refractivity contribution in [3.63, 3.8) is 0 Å². The number of amides is 3. The van der Waals surface area contributed by atoms with E-state index >= 15 is 0 Å². The van der Waals surface area contributed by atoms with E-state index in [1.165, 1.54) is 80.3 Å². The molecule has 4 unspecified atom stereocenters. The van der Waals surface area contributed by atoms with Crippen molar-refractivity contribution in [2.24, 2.45) is 5.73 Å². The molecule has 39 nitrogen and oxygen atoms in total. The van der Waals surface area contributed by atoms with Crippen LogP contribution in [0.5, 0.6) is 0 Å². The largest absolute Gasteiger partial charge is 0.390 e. The summed E-state index contributed by atoms with van der Waals surface area (Å²) in [6, 6.07) is -3.51. The van der Waals surface area contributed by atoms with Gasteiger partial charge in [-0.05, 0) is 83.9 Å². The van der Waals surface area contributed by atoms with Crippen LogP contribution in [0.15, 0.2) is 63.1 Å². The number of hydrogen-bond donors (Lipinski definition) is 12. The Morgan fingerprint density at radius 2 is 0.918 bits per heavy atom. The van der Waals surface area contributed by atoms with Gasteiger partial charge in [0.05, 0.1) is 50.8 Å². The molecule has 19 atom stereocenters. The summed E-state index contributed by atoms with van der Waals surface area (Å²) in [7, 11) is 1.28. The van der Waals surface area contributed by atoms with Gasteiger partial charge in [0.2, 0.25) is 17.7 Å². The number of rotatable bonds is 29. The highest BCUT2D eigenvalue weighted by Gasteiger charge is 2.48. The third-order valence-electron chi connectivity index (χ3n) is 15.8. The van der Waals surface area contributed by atoms with Crippen LogP contribution < -0.4 is 61.1 Å². The van der Waals surface area contributed by atoms with Gasteiger partial charge in [0.15, 0.2) is 0 Å². The fourth-order valence-corrected chi connectivity index (χ4v) is 16.5. The molecule has 97 heavy (non-hydrogen) atoms. The highest BCUT2D eigenvalue weighted by Crippen LogP contribution is 2.58. The van der Waals surface area contributed by atoms with Gasteiger partial charge in [-0.15, -0.1) is 0 Å². The Labute approximate surface area is 567 Å². The summed E-state index contributed by atoms with van der Waals surface area (Å²) in [5, 5.41) is 15.8. The third kappa shape index (κ3) is 19.8. The number of aliphatic hydroxyl groups excluding tert-OH is 1. The average Bonchev–Trinajstić information content (AvgIpc) is 1.71. The molecule has 0 bridgehead atoms. The molecule has 4 aromatic heterocycles. The highest BCUT2D eigenvalue weighted by molar-refractivity contribution is 8.44. The zero-order chi connectivity index (χ0) is 71.7. The fraction of sp³-hybridized carbons (Fsp3) is 0.620. The molecule has 0 radical (unpaired) electrons. The summed E-state index contributed by atoms with van der Waals surface area (Å²) < 4.78 is 83.5. The molecule has 12 N–H and O–H groups in total. The number of nitrogens with two attached hydrogens (primary N) is 1. The molecule has 0 aliphatic carbocycles. The van der Waals surface area contributed by atoms with Crippen molar-refractivity contribution in [3.8, 4) is 0 Å². The van der Waals surface area contributed by atoms with Crippen LogP contribution in [0.2, 0.25) is 0 Å². The summed E-state index contributed by atoms with van der Waals surface area (Å²) in [6.45, 7) is -11.2. The van der Waals surface area contributed by atoms with E-state index in [2.05, 4.69) is 42.6 Å². The van der Waals surface area contributed by atoms with Crippen molar-refractivity contribution in [1.82, 2.24) is 53.5 Å². The topological polar surface area (TPSA) is 523 Å². The van der Waals surface area contributed by atoms with E-state index in [-0.39, 0.29) is 47.9 Å². The number of aromatic nitrogens is 8. The van der Waals surface area contributed by atoms with Crippen LogP contribution in [0.25, 0.3) is 0 Å². The maximum Gasteiger partial charge on any atom is 0.386 e. The number of nitrogens with zero attached hydrogens (tertiary/aromatic N) is 5. The SMILES string of the molecule is Cc1cn([C@H]2C[C@H](OP(=O)(S)OC[C@H]3O[C@@H](n4cc(C)c(=O)[nH]c4=O)C[C@@H]3OP(O)(=S)OC[C@H]3O[C@@H](n4cc(C)c(=O)[nH]c4=O)C[C@@H]3OP(O)(=S)OC[C@H]3O[C@@H](n4cc(C)c(=O)[nH]c4=O)C[C@@H]3O)[C@@H](COP(O)(=S)N[C@@H](C)C(=O)N(C)[C@@H](C)C(=O)N[C@@H](C)C(N)=O)O2)c(=O)[nH]c1=O. The van der Waals surface area contributed by atoms with Gasteiger partial charge >= 0.3 is 43.0 Å². The fourth-order valence-electron chi connectivity index (χ4n) is 10.3. The van der Waals surface area contributed by atoms with Crippen molar-refractivity contribution >= 4 is 92.3 Å². The smallest absolute Gasteiger partial charge is 0.386 e. The Hall–Kier alpha value is -4.98. The van der Waals surface area contributed by atoms with Crippen LogP contribution in [0.3, 0.4) is 0 Å². The second kappa shape index (κ2) is 31.5. The lowest BCUT2D eigenvalue weighted by Gasteiger charge is -2.30. The minimum absolute atomic E-state index is 0.0608. The van der Waals surface area contributed by atoms with Crippen LogP contribution >= 0.6 is 39.1 Å². The van der Waals surface area contributed by atoms with Gasteiger partial charge in [0, 0.05) is 79.8 Å². The van der Waals surface area contributed by atoms with Gasteiger partial charge in [-0.25, -0.2) is 28.8 Å². The van der Waals surface area contributed by atoms with E-state index in [1.54, 1.807) is 0 Å². The van der Waals surface area contributed by atoms with Crippen LogP contribution in [-0.2, 0) is 105 Å². The van der Waals surface area contributed by atoms with E-state index < -0.39 is 208 Å². The first-order valence-corrected chi connectivity index (χ1v) is 39.8.